The van der Waals surface area contributed by atoms with E-state index in [1.807, 2.05) is 17.7 Å². The lowest BCUT2D eigenvalue weighted by molar-refractivity contribution is 0.101. The van der Waals surface area contributed by atoms with Crippen LogP contribution in [0.25, 0.3) is 5.82 Å². The Morgan fingerprint density at radius 3 is 2.33 bits per heavy atom. The number of hydrogen-bond acceptors (Lipinski definition) is 5. The van der Waals surface area contributed by atoms with Gasteiger partial charge >= 0.3 is 0 Å². The minimum atomic E-state index is -0.305. The van der Waals surface area contributed by atoms with Gasteiger partial charge in [-0.1, -0.05) is 6.07 Å². The van der Waals surface area contributed by atoms with E-state index in [-0.39, 0.29) is 11.8 Å². The summed E-state index contributed by atoms with van der Waals surface area (Å²) in [6.45, 7) is 1.89. The topological polar surface area (TPSA) is 102 Å². The molecular formula is C22H18N6O2. The molecule has 0 bridgehead atoms. The standard InChI is InChI=1S/C22H18N6O2/c1-15-24-10-11-28(15)20-8-7-19(14-25-20)27-21(29)16-4-2-6-18(12-16)26-22(30)17-5-3-9-23-13-17/h2-14H,1H3,(H,26,30)(H,27,29). The number of benzene rings is 1. The molecule has 0 atom stereocenters. The van der Waals surface area contributed by atoms with Crippen molar-refractivity contribution in [1.82, 2.24) is 19.5 Å². The molecular weight excluding hydrogens is 380 g/mol. The third-order valence-electron chi connectivity index (χ3n) is 4.38. The average Bonchev–Trinajstić information content (AvgIpc) is 3.21. The molecule has 2 amide bonds. The van der Waals surface area contributed by atoms with Gasteiger partial charge in [0.05, 0.1) is 17.4 Å². The number of rotatable bonds is 5. The normalized spacial score (nSPS) is 10.4. The molecule has 2 N–H and O–H groups in total. The molecule has 148 valence electrons. The second kappa shape index (κ2) is 8.36. The Hall–Kier alpha value is -4.33. The maximum Gasteiger partial charge on any atom is 0.257 e. The van der Waals surface area contributed by atoms with Crippen LogP contribution in [0.5, 0.6) is 0 Å². The lowest BCUT2D eigenvalue weighted by atomic mass is 10.1. The number of aromatic nitrogens is 4. The SMILES string of the molecule is Cc1nccn1-c1ccc(NC(=O)c2cccc(NC(=O)c3cccnc3)c2)cn1. The van der Waals surface area contributed by atoms with Gasteiger partial charge in [0, 0.05) is 36.0 Å². The van der Waals surface area contributed by atoms with Crippen LogP contribution in [0.2, 0.25) is 0 Å². The zero-order valence-electron chi connectivity index (χ0n) is 16.1. The fourth-order valence-corrected chi connectivity index (χ4v) is 2.86. The maximum absolute atomic E-state index is 12.6. The maximum atomic E-state index is 12.6. The summed E-state index contributed by atoms with van der Waals surface area (Å²) in [5.41, 5.74) is 1.92. The first kappa shape index (κ1) is 19.0. The summed E-state index contributed by atoms with van der Waals surface area (Å²) < 4.78 is 1.85. The van der Waals surface area contributed by atoms with Crippen molar-refractivity contribution in [2.45, 2.75) is 6.92 Å². The molecule has 0 aliphatic carbocycles. The van der Waals surface area contributed by atoms with Crippen molar-refractivity contribution < 1.29 is 9.59 Å². The number of nitrogens with one attached hydrogen (secondary N) is 2. The lowest BCUT2D eigenvalue weighted by Gasteiger charge is -2.09. The van der Waals surface area contributed by atoms with Gasteiger partial charge in [-0.05, 0) is 49.4 Å². The van der Waals surface area contributed by atoms with E-state index in [2.05, 4.69) is 25.6 Å². The number of carbonyl (C=O) groups excluding carboxylic acids is 2. The van der Waals surface area contributed by atoms with Gasteiger partial charge in [-0.3, -0.25) is 19.1 Å². The predicted octanol–water partition coefficient (Wildman–Crippen LogP) is 3.48. The van der Waals surface area contributed by atoms with Gasteiger partial charge in [0.15, 0.2) is 0 Å². The lowest BCUT2D eigenvalue weighted by Crippen LogP contribution is -2.15. The molecule has 4 rings (SSSR count). The van der Waals surface area contributed by atoms with Crippen LogP contribution < -0.4 is 10.6 Å². The van der Waals surface area contributed by atoms with E-state index in [1.54, 1.807) is 67.1 Å². The molecule has 8 nitrogen and oxygen atoms in total. The van der Waals surface area contributed by atoms with Gasteiger partial charge in [-0.15, -0.1) is 0 Å². The van der Waals surface area contributed by atoms with Crippen molar-refractivity contribution in [2.24, 2.45) is 0 Å². The minimum absolute atomic E-state index is 0.296. The predicted molar refractivity (Wildman–Crippen MR) is 113 cm³/mol. The zero-order chi connectivity index (χ0) is 20.9. The Balaban J connectivity index is 1.44. The molecule has 0 spiro atoms. The van der Waals surface area contributed by atoms with E-state index in [1.165, 1.54) is 6.20 Å². The summed E-state index contributed by atoms with van der Waals surface area (Å²) >= 11 is 0. The Bertz CT molecular complexity index is 1190. The Labute approximate surface area is 172 Å². The van der Waals surface area contributed by atoms with Gasteiger partial charge in [0.1, 0.15) is 11.6 Å². The van der Waals surface area contributed by atoms with Crippen molar-refractivity contribution >= 4 is 23.2 Å². The molecule has 1 aromatic carbocycles. The van der Waals surface area contributed by atoms with E-state index in [4.69, 9.17) is 0 Å². The third kappa shape index (κ3) is 4.22. The van der Waals surface area contributed by atoms with Gasteiger partial charge in [-0.2, -0.15) is 0 Å². The molecule has 0 radical (unpaired) electrons. The van der Waals surface area contributed by atoms with Gasteiger partial charge in [0.25, 0.3) is 11.8 Å². The Kier molecular flexibility index (Phi) is 5.29. The summed E-state index contributed by atoms with van der Waals surface area (Å²) in [6, 6.07) is 13.6. The highest BCUT2D eigenvalue weighted by atomic mass is 16.2. The molecule has 8 heteroatoms. The second-order valence-corrected chi connectivity index (χ2v) is 6.48. The highest BCUT2D eigenvalue weighted by molar-refractivity contribution is 6.07. The van der Waals surface area contributed by atoms with Crippen LogP contribution in [0.15, 0.2) is 79.5 Å². The number of imidazole rings is 1. The molecule has 0 aliphatic rings. The Morgan fingerprint density at radius 2 is 1.63 bits per heavy atom. The molecule has 30 heavy (non-hydrogen) atoms. The van der Waals surface area contributed by atoms with Crippen molar-refractivity contribution in [2.75, 3.05) is 10.6 Å². The fraction of sp³-hybridized carbons (Fsp3) is 0.0455. The summed E-state index contributed by atoms with van der Waals surface area (Å²) in [5, 5.41) is 5.57. The molecule has 0 saturated carbocycles. The van der Waals surface area contributed by atoms with Gasteiger partial charge < -0.3 is 10.6 Å². The number of carbonyl (C=O) groups is 2. The van der Waals surface area contributed by atoms with Crippen LogP contribution in [0.1, 0.15) is 26.5 Å². The van der Waals surface area contributed by atoms with E-state index in [0.717, 1.165) is 5.82 Å². The number of pyridine rings is 2. The van der Waals surface area contributed by atoms with Gasteiger partial charge in [0.2, 0.25) is 0 Å². The average molecular weight is 398 g/mol. The smallest absolute Gasteiger partial charge is 0.257 e. The molecule has 0 fully saturated rings. The first-order valence-electron chi connectivity index (χ1n) is 9.19. The van der Waals surface area contributed by atoms with Crippen LogP contribution >= 0.6 is 0 Å². The summed E-state index contributed by atoms with van der Waals surface area (Å²) in [7, 11) is 0. The summed E-state index contributed by atoms with van der Waals surface area (Å²) in [6.07, 6.45) is 8.18. The zero-order valence-corrected chi connectivity index (χ0v) is 16.1. The minimum Gasteiger partial charge on any atom is -0.322 e. The largest absolute Gasteiger partial charge is 0.322 e. The van der Waals surface area contributed by atoms with Gasteiger partial charge in [-0.25, -0.2) is 9.97 Å². The number of anilines is 2. The van der Waals surface area contributed by atoms with Crippen LogP contribution in [-0.4, -0.2) is 31.3 Å². The molecule has 4 aromatic rings. The highest BCUT2D eigenvalue weighted by Gasteiger charge is 2.10. The van der Waals surface area contributed by atoms with E-state index < -0.39 is 0 Å². The quantitative estimate of drug-likeness (QED) is 0.536. The van der Waals surface area contributed by atoms with Crippen LogP contribution in [0.3, 0.4) is 0 Å². The number of hydrogen-bond donors (Lipinski definition) is 2. The van der Waals surface area contributed by atoms with Crippen LogP contribution in [-0.2, 0) is 0 Å². The second-order valence-electron chi connectivity index (χ2n) is 6.48. The third-order valence-corrected chi connectivity index (χ3v) is 4.38. The number of aryl methyl sites for hydroxylation is 1. The van der Waals surface area contributed by atoms with Crippen LogP contribution in [0.4, 0.5) is 11.4 Å². The summed E-state index contributed by atoms with van der Waals surface area (Å²) in [4.78, 5) is 37.4. The molecule has 0 saturated heterocycles. The monoisotopic (exact) mass is 398 g/mol. The van der Waals surface area contributed by atoms with Crippen molar-refractivity contribution in [3.63, 3.8) is 0 Å². The van der Waals surface area contributed by atoms with Crippen molar-refractivity contribution in [3.05, 3.63) is 96.5 Å². The number of amides is 2. The fourth-order valence-electron chi connectivity index (χ4n) is 2.86. The van der Waals surface area contributed by atoms with E-state index in [9.17, 15) is 9.59 Å². The molecule has 0 unspecified atom stereocenters. The van der Waals surface area contributed by atoms with E-state index in [0.29, 0.717) is 28.3 Å². The molecule has 3 aromatic heterocycles. The number of nitrogens with zero attached hydrogens (tertiary/aromatic N) is 4. The van der Waals surface area contributed by atoms with Crippen LogP contribution in [0, 0.1) is 6.92 Å². The molecule has 3 heterocycles. The van der Waals surface area contributed by atoms with Crippen molar-refractivity contribution in [3.8, 4) is 5.82 Å². The first-order valence-corrected chi connectivity index (χ1v) is 9.19. The Morgan fingerprint density at radius 1 is 0.833 bits per heavy atom. The molecule has 0 aliphatic heterocycles. The summed E-state index contributed by atoms with van der Waals surface area (Å²) in [5.74, 6) is 0.934. The first-order chi connectivity index (χ1) is 14.6. The highest BCUT2D eigenvalue weighted by Crippen LogP contribution is 2.16. The van der Waals surface area contributed by atoms with E-state index >= 15 is 0 Å². The van der Waals surface area contributed by atoms with Crippen molar-refractivity contribution in [1.29, 1.82) is 0 Å².